The van der Waals surface area contributed by atoms with Crippen LogP contribution in [0.1, 0.15) is 31.9 Å². The van der Waals surface area contributed by atoms with Crippen molar-refractivity contribution in [3.8, 4) is 0 Å². The standard InChI is InChI=1S/C20H23NO3/c1-14-10-12-17(13-11-14)21-18(22)15(2)24-19(23)20(3,4)16-8-6-5-7-9-16/h5-13,15H,1-4H3,(H,21,22)/t15-/m1/s1. The molecule has 2 aromatic rings. The van der Waals surface area contributed by atoms with Crippen LogP contribution >= 0.6 is 0 Å². The summed E-state index contributed by atoms with van der Waals surface area (Å²) in [5, 5.41) is 2.75. The van der Waals surface area contributed by atoms with Crippen LogP contribution in [0.25, 0.3) is 0 Å². The Balaban J connectivity index is 2.00. The van der Waals surface area contributed by atoms with Crippen LogP contribution in [0.3, 0.4) is 0 Å². The molecule has 0 radical (unpaired) electrons. The number of esters is 1. The second-order valence-electron chi connectivity index (χ2n) is 6.39. The molecule has 0 aliphatic carbocycles. The summed E-state index contributed by atoms with van der Waals surface area (Å²) in [7, 11) is 0. The maximum atomic E-state index is 12.5. The fraction of sp³-hybridized carbons (Fsp3) is 0.300. The molecule has 0 saturated carbocycles. The number of carbonyl (C=O) groups is 2. The zero-order chi connectivity index (χ0) is 17.7. The van der Waals surface area contributed by atoms with Gasteiger partial charge in [-0.2, -0.15) is 0 Å². The van der Waals surface area contributed by atoms with E-state index in [0.29, 0.717) is 5.69 Å². The molecule has 1 atom stereocenters. The van der Waals surface area contributed by atoms with E-state index < -0.39 is 17.5 Å². The van der Waals surface area contributed by atoms with E-state index in [1.54, 1.807) is 20.8 Å². The number of aryl methyl sites for hydroxylation is 1. The van der Waals surface area contributed by atoms with Crippen LogP contribution in [-0.2, 0) is 19.7 Å². The summed E-state index contributed by atoms with van der Waals surface area (Å²) in [6.07, 6.45) is -0.873. The highest BCUT2D eigenvalue weighted by atomic mass is 16.5. The van der Waals surface area contributed by atoms with Crippen LogP contribution in [0.5, 0.6) is 0 Å². The number of rotatable bonds is 5. The van der Waals surface area contributed by atoms with E-state index in [0.717, 1.165) is 11.1 Å². The lowest BCUT2D eigenvalue weighted by atomic mass is 9.85. The largest absolute Gasteiger partial charge is 0.452 e. The monoisotopic (exact) mass is 325 g/mol. The minimum absolute atomic E-state index is 0.351. The summed E-state index contributed by atoms with van der Waals surface area (Å²) in [5.74, 6) is -0.781. The van der Waals surface area contributed by atoms with Gasteiger partial charge in [0.25, 0.3) is 5.91 Å². The molecule has 1 N–H and O–H groups in total. The van der Waals surface area contributed by atoms with Gasteiger partial charge in [0.1, 0.15) is 0 Å². The minimum Gasteiger partial charge on any atom is -0.452 e. The molecule has 4 heteroatoms. The van der Waals surface area contributed by atoms with Crippen molar-refractivity contribution in [3.63, 3.8) is 0 Å². The van der Waals surface area contributed by atoms with Crippen LogP contribution in [0.2, 0.25) is 0 Å². The molecule has 0 aliphatic rings. The number of hydrogen-bond donors (Lipinski definition) is 1. The maximum Gasteiger partial charge on any atom is 0.316 e. The SMILES string of the molecule is Cc1ccc(NC(=O)[C@@H](C)OC(=O)C(C)(C)c2ccccc2)cc1. The minimum atomic E-state index is -0.873. The van der Waals surface area contributed by atoms with Gasteiger partial charge in [0, 0.05) is 5.69 Å². The summed E-state index contributed by atoms with van der Waals surface area (Å²) in [4.78, 5) is 24.7. The van der Waals surface area contributed by atoms with Gasteiger partial charge in [-0.15, -0.1) is 0 Å². The normalized spacial score (nSPS) is 12.3. The topological polar surface area (TPSA) is 55.4 Å². The Hall–Kier alpha value is -2.62. The molecule has 0 unspecified atom stereocenters. The molecule has 0 fully saturated rings. The number of nitrogens with one attached hydrogen (secondary N) is 1. The predicted molar refractivity (Wildman–Crippen MR) is 94.8 cm³/mol. The maximum absolute atomic E-state index is 12.5. The molecular weight excluding hydrogens is 302 g/mol. The van der Waals surface area contributed by atoms with E-state index in [9.17, 15) is 9.59 Å². The first-order chi connectivity index (χ1) is 11.3. The molecule has 0 spiro atoms. The highest BCUT2D eigenvalue weighted by Crippen LogP contribution is 2.25. The van der Waals surface area contributed by atoms with Gasteiger partial charge in [0.05, 0.1) is 5.41 Å². The van der Waals surface area contributed by atoms with E-state index in [2.05, 4.69) is 5.32 Å². The van der Waals surface area contributed by atoms with Crippen molar-refractivity contribution in [1.82, 2.24) is 0 Å². The zero-order valence-corrected chi connectivity index (χ0v) is 14.5. The Labute approximate surface area is 142 Å². The average Bonchev–Trinajstić information content (AvgIpc) is 2.57. The lowest BCUT2D eigenvalue weighted by Gasteiger charge is -2.25. The Morgan fingerprint density at radius 2 is 1.58 bits per heavy atom. The van der Waals surface area contributed by atoms with Gasteiger partial charge < -0.3 is 10.1 Å². The van der Waals surface area contributed by atoms with Crippen LogP contribution < -0.4 is 5.32 Å². The van der Waals surface area contributed by atoms with Crippen molar-refractivity contribution in [3.05, 3.63) is 65.7 Å². The van der Waals surface area contributed by atoms with Crippen molar-refractivity contribution in [2.75, 3.05) is 5.32 Å². The van der Waals surface area contributed by atoms with E-state index in [4.69, 9.17) is 4.74 Å². The average molecular weight is 325 g/mol. The molecule has 2 aromatic carbocycles. The fourth-order valence-electron chi connectivity index (χ4n) is 2.21. The quantitative estimate of drug-likeness (QED) is 0.850. The number of carbonyl (C=O) groups excluding carboxylic acids is 2. The Kier molecular flexibility index (Phi) is 5.39. The molecule has 24 heavy (non-hydrogen) atoms. The van der Waals surface area contributed by atoms with Crippen molar-refractivity contribution in [1.29, 1.82) is 0 Å². The highest BCUT2D eigenvalue weighted by Gasteiger charge is 2.33. The fourth-order valence-corrected chi connectivity index (χ4v) is 2.21. The highest BCUT2D eigenvalue weighted by molar-refractivity contribution is 5.95. The van der Waals surface area contributed by atoms with Crippen LogP contribution in [0.15, 0.2) is 54.6 Å². The van der Waals surface area contributed by atoms with Crippen LogP contribution in [0.4, 0.5) is 5.69 Å². The number of hydrogen-bond acceptors (Lipinski definition) is 3. The van der Waals surface area contributed by atoms with Crippen molar-refractivity contribution in [2.24, 2.45) is 0 Å². The summed E-state index contributed by atoms with van der Waals surface area (Å²) in [6, 6.07) is 16.8. The lowest BCUT2D eigenvalue weighted by Crippen LogP contribution is -2.37. The van der Waals surface area contributed by atoms with Gasteiger partial charge in [-0.1, -0.05) is 48.0 Å². The first-order valence-corrected chi connectivity index (χ1v) is 7.95. The third kappa shape index (κ3) is 4.22. The first-order valence-electron chi connectivity index (χ1n) is 7.95. The zero-order valence-electron chi connectivity index (χ0n) is 14.5. The molecule has 0 aromatic heterocycles. The van der Waals surface area contributed by atoms with Crippen LogP contribution in [-0.4, -0.2) is 18.0 Å². The summed E-state index contributed by atoms with van der Waals surface area (Å²) in [5.41, 5.74) is 1.81. The third-order valence-electron chi connectivity index (χ3n) is 3.98. The van der Waals surface area contributed by atoms with Gasteiger partial charge in [-0.25, -0.2) is 0 Å². The molecule has 1 amide bonds. The smallest absolute Gasteiger partial charge is 0.316 e. The van der Waals surface area contributed by atoms with Gasteiger partial charge in [-0.3, -0.25) is 9.59 Å². The Bertz CT molecular complexity index is 705. The van der Waals surface area contributed by atoms with E-state index in [-0.39, 0.29) is 5.91 Å². The Morgan fingerprint density at radius 1 is 1.00 bits per heavy atom. The molecule has 0 aliphatic heterocycles. The van der Waals surface area contributed by atoms with E-state index >= 15 is 0 Å². The number of amides is 1. The van der Waals surface area contributed by atoms with Gasteiger partial charge in [-0.05, 0) is 45.4 Å². The predicted octanol–water partition coefficient (Wildman–Crippen LogP) is 3.84. The second-order valence-corrected chi connectivity index (χ2v) is 6.39. The lowest BCUT2D eigenvalue weighted by molar-refractivity contribution is -0.158. The number of benzene rings is 2. The second kappa shape index (κ2) is 7.30. The number of ether oxygens (including phenoxy) is 1. The molecule has 0 heterocycles. The third-order valence-corrected chi connectivity index (χ3v) is 3.98. The van der Waals surface area contributed by atoms with Crippen molar-refractivity contribution < 1.29 is 14.3 Å². The van der Waals surface area contributed by atoms with Gasteiger partial charge in [0.2, 0.25) is 0 Å². The van der Waals surface area contributed by atoms with Crippen molar-refractivity contribution >= 4 is 17.6 Å². The van der Waals surface area contributed by atoms with Crippen molar-refractivity contribution in [2.45, 2.75) is 39.2 Å². The van der Waals surface area contributed by atoms with Gasteiger partial charge >= 0.3 is 5.97 Å². The molecule has 4 nitrogen and oxygen atoms in total. The van der Waals surface area contributed by atoms with Crippen LogP contribution in [0, 0.1) is 6.92 Å². The summed E-state index contributed by atoms with van der Waals surface area (Å²) >= 11 is 0. The summed E-state index contributed by atoms with van der Waals surface area (Å²) in [6.45, 7) is 7.12. The Morgan fingerprint density at radius 3 is 2.17 bits per heavy atom. The molecule has 0 bridgehead atoms. The van der Waals surface area contributed by atoms with Gasteiger partial charge in [0.15, 0.2) is 6.10 Å². The first kappa shape index (κ1) is 17.7. The van der Waals surface area contributed by atoms with E-state index in [1.807, 2.05) is 61.5 Å². The molecular formula is C20H23NO3. The molecule has 0 saturated heterocycles. The van der Waals surface area contributed by atoms with E-state index in [1.165, 1.54) is 0 Å². The molecule has 126 valence electrons. The number of anilines is 1. The molecule has 2 rings (SSSR count). The summed E-state index contributed by atoms with van der Waals surface area (Å²) < 4.78 is 5.38.